The van der Waals surface area contributed by atoms with Gasteiger partial charge in [0.25, 0.3) is 0 Å². The summed E-state index contributed by atoms with van der Waals surface area (Å²) in [4.78, 5) is 0. The minimum atomic E-state index is -0.135. The zero-order chi connectivity index (χ0) is 12.7. The maximum absolute atomic E-state index is 13.8. The average Bonchev–Trinajstić information content (AvgIpc) is 2.83. The Morgan fingerprint density at radius 3 is 2.78 bits per heavy atom. The Morgan fingerprint density at radius 2 is 2.11 bits per heavy atom. The van der Waals surface area contributed by atoms with Gasteiger partial charge in [-0.1, -0.05) is 22.4 Å². The SMILES string of the molecule is NNC(Cc1cc(Br)ccc1F)C1C2CCCC21. The number of rotatable bonds is 4. The van der Waals surface area contributed by atoms with E-state index >= 15 is 0 Å². The first-order valence-electron chi connectivity index (χ1n) is 6.60. The Bertz CT molecular complexity index is 441. The van der Waals surface area contributed by atoms with Crippen molar-refractivity contribution in [3.8, 4) is 0 Å². The van der Waals surface area contributed by atoms with Crippen LogP contribution < -0.4 is 11.3 Å². The molecule has 2 aliphatic rings. The van der Waals surface area contributed by atoms with Gasteiger partial charge in [-0.25, -0.2) is 4.39 Å². The summed E-state index contributed by atoms with van der Waals surface area (Å²) < 4.78 is 14.7. The Balaban J connectivity index is 1.72. The van der Waals surface area contributed by atoms with Crippen LogP contribution in [0.5, 0.6) is 0 Å². The second-order valence-corrected chi connectivity index (χ2v) is 6.46. The molecule has 2 saturated carbocycles. The van der Waals surface area contributed by atoms with Crippen molar-refractivity contribution in [1.82, 2.24) is 5.43 Å². The Morgan fingerprint density at radius 1 is 1.39 bits per heavy atom. The molecule has 3 N–H and O–H groups in total. The molecule has 3 atom stereocenters. The number of benzene rings is 1. The fourth-order valence-electron chi connectivity index (χ4n) is 3.72. The van der Waals surface area contributed by atoms with Crippen molar-refractivity contribution in [2.75, 3.05) is 0 Å². The maximum atomic E-state index is 13.8. The Kier molecular flexibility index (Phi) is 3.43. The molecule has 0 amide bonds. The summed E-state index contributed by atoms with van der Waals surface area (Å²) in [7, 11) is 0. The average molecular weight is 313 g/mol. The summed E-state index contributed by atoms with van der Waals surface area (Å²) in [5.74, 6) is 7.86. The first kappa shape index (κ1) is 12.6. The lowest BCUT2D eigenvalue weighted by atomic mass is 9.97. The molecule has 0 bridgehead atoms. The number of fused-ring (bicyclic) bond motifs is 1. The highest BCUT2D eigenvalue weighted by atomic mass is 79.9. The summed E-state index contributed by atoms with van der Waals surface area (Å²) in [6.45, 7) is 0. The third-order valence-corrected chi connectivity index (χ3v) is 5.09. The molecular weight excluding hydrogens is 295 g/mol. The summed E-state index contributed by atoms with van der Waals surface area (Å²) in [5.41, 5.74) is 3.65. The van der Waals surface area contributed by atoms with E-state index < -0.39 is 0 Å². The number of nitrogens with two attached hydrogens (primary N) is 1. The quantitative estimate of drug-likeness (QED) is 0.662. The highest BCUT2D eigenvalue weighted by Crippen LogP contribution is 2.59. The van der Waals surface area contributed by atoms with E-state index in [1.54, 1.807) is 6.07 Å². The van der Waals surface area contributed by atoms with Gasteiger partial charge < -0.3 is 0 Å². The van der Waals surface area contributed by atoms with E-state index in [0.717, 1.165) is 21.9 Å². The maximum Gasteiger partial charge on any atom is 0.126 e. The smallest absolute Gasteiger partial charge is 0.126 e. The molecule has 4 heteroatoms. The molecule has 3 rings (SSSR count). The van der Waals surface area contributed by atoms with Crippen molar-refractivity contribution >= 4 is 15.9 Å². The van der Waals surface area contributed by atoms with Gasteiger partial charge in [0.1, 0.15) is 5.82 Å². The van der Waals surface area contributed by atoms with E-state index in [9.17, 15) is 4.39 Å². The molecule has 2 fully saturated rings. The van der Waals surface area contributed by atoms with Gasteiger partial charge >= 0.3 is 0 Å². The van der Waals surface area contributed by atoms with Crippen LogP contribution in [0.15, 0.2) is 22.7 Å². The lowest BCUT2D eigenvalue weighted by molar-refractivity contribution is 0.405. The lowest BCUT2D eigenvalue weighted by Gasteiger charge is -2.18. The molecule has 0 aliphatic heterocycles. The van der Waals surface area contributed by atoms with Crippen molar-refractivity contribution in [3.05, 3.63) is 34.1 Å². The number of halogens is 2. The minimum Gasteiger partial charge on any atom is -0.271 e. The highest BCUT2D eigenvalue weighted by molar-refractivity contribution is 9.10. The first-order chi connectivity index (χ1) is 8.70. The molecule has 18 heavy (non-hydrogen) atoms. The normalized spacial score (nSPS) is 31.2. The second-order valence-electron chi connectivity index (χ2n) is 5.55. The van der Waals surface area contributed by atoms with E-state index in [-0.39, 0.29) is 11.9 Å². The van der Waals surface area contributed by atoms with Crippen molar-refractivity contribution in [3.63, 3.8) is 0 Å². The van der Waals surface area contributed by atoms with Crippen LogP contribution in [0.4, 0.5) is 4.39 Å². The summed E-state index contributed by atoms with van der Waals surface area (Å²) >= 11 is 3.39. The van der Waals surface area contributed by atoms with Gasteiger partial charge in [-0.05, 0) is 60.8 Å². The third kappa shape index (κ3) is 2.22. The largest absolute Gasteiger partial charge is 0.271 e. The van der Waals surface area contributed by atoms with E-state index in [1.807, 2.05) is 6.07 Å². The number of hydrogen-bond acceptors (Lipinski definition) is 2. The van der Waals surface area contributed by atoms with Crippen LogP contribution in [0.25, 0.3) is 0 Å². The van der Waals surface area contributed by atoms with Crippen LogP contribution in [-0.4, -0.2) is 6.04 Å². The molecule has 0 saturated heterocycles. The predicted molar refractivity (Wildman–Crippen MR) is 73.2 cm³/mol. The topological polar surface area (TPSA) is 38.0 Å². The number of hydrogen-bond donors (Lipinski definition) is 2. The minimum absolute atomic E-state index is 0.135. The van der Waals surface area contributed by atoms with Crippen molar-refractivity contribution in [2.24, 2.45) is 23.6 Å². The van der Waals surface area contributed by atoms with Crippen LogP contribution in [0.1, 0.15) is 24.8 Å². The molecule has 2 nitrogen and oxygen atoms in total. The molecule has 98 valence electrons. The van der Waals surface area contributed by atoms with Crippen LogP contribution >= 0.6 is 15.9 Å². The van der Waals surface area contributed by atoms with Crippen LogP contribution in [-0.2, 0) is 6.42 Å². The van der Waals surface area contributed by atoms with Gasteiger partial charge in [0, 0.05) is 10.5 Å². The standard InChI is InChI=1S/C14H18BrFN2/c15-9-4-5-12(16)8(6-9)7-13(18-17)14-10-2-1-3-11(10)14/h4-6,10-11,13-14,18H,1-3,7,17H2. The fraction of sp³-hybridized carbons (Fsp3) is 0.571. The van der Waals surface area contributed by atoms with Crippen molar-refractivity contribution in [1.29, 1.82) is 0 Å². The summed E-state index contributed by atoms with van der Waals surface area (Å²) in [6, 6.07) is 5.32. The zero-order valence-corrected chi connectivity index (χ0v) is 11.8. The van der Waals surface area contributed by atoms with Gasteiger partial charge in [-0.15, -0.1) is 0 Å². The summed E-state index contributed by atoms with van der Waals surface area (Å²) in [6.07, 6.45) is 4.69. The second kappa shape index (κ2) is 4.91. The third-order valence-electron chi connectivity index (χ3n) is 4.60. The van der Waals surface area contributed by atoms with Crippen LogP contribution in [0.2, 0.25) is 0 Å². The summed E-state index contributed by atoms with van der Waals surface area (Å²) in [5, 5.41) is 0. The lowest BCUT2D eigenvalue weighted by Crippen LogP contribution is -2.39. The molecule has 1 aromatic rings. The molecule has 0 aromatic heterocycles. The Hall–Kier alpha value is -0.450. The predicted octanol–water partition coefficient (Wildman–Crippen LogP) is 3.01. The van der Waals surface area contributed by atoms with E-state index in [4.69, 9.17) is 5.84 Å². The molecule has 3 unspecified atom stereocenters. The van der Waals surface area contributed by atoms with Gasteiger partial charge in [0.15, 0.2) is 0 Å². The highest BCUT2D eigenvalue weighted by Gasteiger charge is 2.55. The molecule has 0 heterocycles. The van der Waals surface area contributed by atoms with Crippen molar-refractivity contribution in [2.45, 2.75) is 31.7 Å². The van der Waals surface area contributed by atoms with Gasteiger partial charge in [0.05, 0.1) is 0 Å². The molecule has 2 aliphatic carbocycles. The molecule has 0 radical (unpaired) electrons. The first-order valence-corrected chi connectivity index (χ1v) is 7.40. The fourth-order valence-corrected chi connectivity index (χ4v) is 4.13. The van der Waals surface area contributed by atoms with Gasteiger partial charge in [-0.2, -0.15) is 0 Å². The number of nitrogens with one attached hydrogen (secondary N) is 1. The molecule has 0 spiro atoms. The van der Waals surface area contributed by atoms with Gasteiger partial charge in [-0.3, -0.25) is 11.3 Å². The zero-order valence-electron chi connectivity index (χ0n) is 10.2. The van der Waals surface area contributed by atoms with E-state index in [2.05, 4.69) is 21.4 Å². The van der Waals surface area contributed by atoms with Gasteiger partial charge in [0.2, 0.25) is 0 Å². The van der Waals surface area contributed by atoms with Crippen LogP contribution in [0, 0.1) is 23.6 Å². The monoisotopic (exact) mass is 312 g/mol. The Labute approximate surface area is 115 Å². The molecule has 1 aromatic carbocycles. The van der Waals surface area contributed by atoms with E-state index in [0.29, 0.717) is 12.3 Å². The molecular formula is C14H18BrFN2. The van der Waals surface area contributed by atoms with E-state index in [1.165, 1.54) is 25.3 Å². The van der Waals surface area contributed by atoms with Crippen LogP contribution in [0.3, 0.4) is 0 Å². The number of hydrazine groups is 1. The van der Waals surface area contributed by atoms with Crippen molar-refractivity contribution < 1.29 is 4.39 Å².